The summed E-state index contributed by atoms with van der Waals surface area (Å²) >= 11 is 0. The molecule has 0 N–H and O–H groups in total. The summed E-state index contributed by atoms with van der Waals surface area (Å²) in [7, 11) is 1.52. The highest BCUT2D eigenvalue weighted by molar-refractivity contribution is 6.03. The zero-order valence-electron chi connectivity index (χ0n) is 16.9. The summed E-state index contributed by atoms with van der Waals surface area (Å²) in [6.07, 6.45) is 7.33. The zero-order chi connectivity index (χ0) is 20.9. The van der Waals surface area contributed by atoms with E-state index in [-0.39, 0.29) is 18.1 Å². The minimum atomic E-state index is -1.16. The van der Waals surface area contributed by atoms with Crippen molar-refractivity contribution in [3.05, 3.63) is 39.4 Å². The summed E-state index contributed by atoms with van der Waals surface area (Å²) in [4.78, 5) is 40.4. The monoisotopic (exact) mass is 394 g/mol. The first-order valence-corrected chi connectivity index (χ1v) is 9.75. The predicted molar refractivity (Wildman–Crippen MR) is 106 cm³/mol. The van der Waals surface area contributed by atoms with Crippen molar-refractivity contribution >= 4 is 17.6 Å². The maximum absolute atomic E-state index is 12.5. The van der Waals surface area contributed by atoms with E-state index >= 15 is 0 Å². The minimum absolute atomic E-state index is 0.0252. The largest absolute Gasteiger partial charge is 0.372 e. The Labute approximate surface area is 165 Å². The Hall–Kier alpha value is -2.48. The summed E-state index contributed by atoms with van der Waals surface area (Å²) in [5, 5.41) is 9.34. The zero-order valence-corrected chi connectivity index (χ0v) is 16.9. The highest BCUT2D eigenvalue weighted by Crippen LogP contribution is 2.26. The number of benzene rings is 1. The van der Waals surface area contributed by atoms with Crippen molar-refractivity contribution in [3.63, 3.8) is 0 Å². The van der Waals surface area contributed by atoms with Gasteiger partial charge in [0.15, 0.2) is 0 Å². The Balaban J connectivity index is 2.68. The fourth-order valence-corrected chi connectivity index (χ4v) is 2.92. The molecule has 0 unspecified atom stereocenters. The van der Waals surface area contributed by atoms with Gasteiger partial charge in [-0.2, -0.15) is 0 Å². The maximum Gasteiger partial charge on any atom is 0.336 e. The standard InChI is InChI=1S/C20H30N2O6/c1-4-6-7-8-9-10-14-27-15-18(23)21(3)19-16(5-2)12-11-13-17(19)20(24)28-22(25)26/h11-13H,4-10,14-15H2,1-3H3. The van der Waals surface area contributed by atoms with Crippen molar-refractivity contribution in [1.82, 2.24) is 0 Å². The van der Waals surface area contributed by atoms with Gasteiger partial charge in [0.05, 0.1) is 11.3 Å². The van der Waals surface area contributed by atoms with Crippen LogP contribution in [0, 0.1) is 10.1 Å². The smallest absolute Gasteiger partial charge is 0.336 e. The lowest BCUT2D eigenvalue weighted by atomic mass is 10.0. The van der Waals surface area contributed by atoms with E-state index in [0.29, 0.717) is 24.3 Å². The number of aryl methyl sites for hydroxylation is 1. The lowest BCUT2D eigenvalue weighted by molar-refractivity contribution is -0.727. The summed E-state index contributed by atoms with van der Waals surface area (Å²) in [5.41, 5.74) is 0.998. The molecule has 0 radical (unpaired) electrons. The van der Waals surface area contributed by atoms with Crippen LogP contribution in [-0.2, 0) is 20.8 Å². The predicted octanol–water partition coefficient (Wildman–Crippen LogP) is 3.94. The molecular formula is C20H30N2O6. The van der Waals surface area contributed by atoms with Gasteiger partial charge in [-0.05, 0) is 24.5 Å². The third kappa shape index (κ3) is 7.64. The first-order chi connectivity index (χ1) is 13.4. The van der Waals surface area contributed by atoms with Crippen LogP contribution in [0.25, 0.3) is 0 Å². The summed E-state index contributed by atoms with van der Waals surface area (Å²) in [5.74, 6) is -1.44. The number of hydrogen-bond donors (Lipinski definition) is 0. The molecule has 0 aromatic heterocycles. The SMILES string of the molecule is CCCCCCCCOCC(=O)N(C)c1c(CC)cccc1C(=O)O[N+](=O)[O-]. The number of ether oxygens (including phenoxy) is 1. The Morgan fingerprint density at radius 1 is 1.11 bits per heavy atom. The highest BCUT2D eigenvalue weighted by atomic mass is 17.0. The fourth-order valence-electron chi connectivity index (χ4n) is 2.92. The van der Waals surface area contributed by atoms with Gasteiger partial charge in [0.2, 0.25) is 0 Å². The van der Waals surface area contributed by atoms with E-state index in [1.165, 1.54) is 37.3 Å². The second-order valence-electron chi connectivity index (χ2n) is 6.54. The number of anilines is 1. The molecule has 28 heavy (non-hydrogen) atoms. The van der Waals surface area contributed by atoms with Crippen LogP contribution in [0.15, 0.2) is 18.2 Å². The molecule has 0 heterocycles. The van der Waals surface area contributed by atoms with Crippen molar-refractivity contribution in [1.29, 1.82) is 0 Å². The molecule has 1 aromatic carbocycles. The Morgan fingerprint density at radius 3 is 2.43 bits per heavy atom. The van der Waals surface area contributed by atoms with Crippen LogP contribution in [0.1, 0.15) is 68.3 Å². The van der Waals surface area contributed by atoms with Crippen LogP contribution in [0.3, 0.4) is 0 Å². The number of para-hydroxylation sites is 1. The van der Waals surface area contributed by atoms with Gasteiger partial charge in [-0.15, -0.1) is 10.1 Å². The normalized spacial score (nSPS) is 10.5. The van der Waals surface area contributed by atoms with Gasteiger partial charge >= 0.3 is 11.1 Å². The molecule has 0 spiro atoms. The van der Waals surface area contributed by atoms with Gasteiger partial charge in [0, 0.05) is 13.7 Å². The number of carbonyl (C=O) groups is 2. The van der Waals surface area contributed by atoms with E-state index in [0.717, 1.165) is 19.3 Å². The highest BCUT2D eigenvalue weighted by Gasteiger charge is 2.23. The van der Waals surface area contributed by atoms with E-state index in [2.05, 4.69) is 11.8 Å². The molecule has 1 amide bonds. The third-order valence-corrected chi connectivity index (χ3v) is 4.46. The molecule has 0 aliphatic carbocycles. The second kappa shape index (κ2) is 12.8. The number of likely N-dealkylation sites (N-methyl/N-ethyl adjacent to an activating group) is 1. The molecule has 0 fully saturated rings. The third-order valence-electron chi connectivity index (χ3n) is 4.46. The average molecular weight is 394 g/mol. The second-order valence-corrected chi connectivity index (χ2v) is 6.54. The first-order valence-electron chi connectivity index (χ1n) is 9.75. The van der Waals surface area contributed by atoms with Gasteiger partial charge in [-0.25, -0.2) is 4.84 Å². The molecule has 8 nitrogen and oxygen atoms in total. The number of rotatable bonds is 13. The molecule has 0 aliphatic rings. The van der Waals surface area contributed by atoms with Crippen LogP contribution < -0.4 is 4.90 Å². The average Bonchev–Trinajstić information content (AvgIpc) is 2.68. The van der Waals surface area contributed by atoms with Gasteiger partial charge < -0.3 is 9.64 Å². The lowest BCUT2D eigenvalue weighted by Gasteiger charge is -2.23. The van der Waals surface area contributed by atoms with E-state index in [1.54, 1.807) is 12.1 Å². The molecule has 156 valence electrons. The Morgan fingerprint density at radius 2 is 1.79 bits per heavy atom. The van der Waals surface area contributed by atoms with Crippen LogP contribution in [0.5, 0.6) is 0 Å². The van der Waals surface area contributed by atoms with Crippen LogP contribution >= 0.6 is 0 Å². The topological polar surface area (TPSA) is 99.0 Å². The number of carbonyl (C=O) groups excluding carboxylic acids is 2. The number of amides is 1. The van der Waals surface area contributed by atoms with Crippen LogP contribution in [0.4, 0.5) is 5.69 Å². The number of hydrogen-bond acceptors (Lipinski definition) is 6. The first kappa shape index (κ1) is 23.6. The molecule has 8 heteroatoms. The summed E-state index contributed by atoms with van der Waals surface area (Å²) in [6, 6.07) is 4.77. The van der Waals surface area contributed by atoms with Gasteiger partial charge in [0.25, 0.3) is 5.91 Å². The van der Waals surface area contributed by atoms with Crippen molar-refractivity contribution in [2.45, 2.75) is 58.8 Å². The maximum atomic E-state index is 12.5. The van der Waals surface area contributed by atoms with E-state index < -0.39 is 11.1 Å². The van der Waals surface area contributed by atoms with Crippen LogP contribution in [-0.4, -0.2) is 37.2 Å². The lowest BCUT2D eigenvalue weighted by Crippen LogP contribution is -2.32. The van der Waals surface area contributed by atoms with Gasteiger partial charge in [-0.1, -0.05) is 58.1 Å². The molecule has 0 saturated carbocycles. The molecule has 1 aromatic rings. The van der Waals surface area contributed by atoms with Crippen molar-refractivity contribution in [2.24, 2.45) is 0 Å². The van der Waals surface area contributed by atoms with Gasteiger partial charge in [-0.3, -0.25) is 9.59 Å². The molecule has 0 bridgehead atoms. The minimum Gasteiger partial charge on any atom is -0.372 e. The molecule has 0 saturated heterocycles. The molecular weight excluding hydrogens is 364 g/mol. The Bertz CT molecular complexity index is 662. The van der Waals surface area contributed by atoms with E-state index in [1.807, 2.05) is 6.92 Å². The Kier molecular flexibility index (Phi) is 10.8. The van der Waals surface area contributed by atoms with E-state index in [9.17, 15) is 19.7 Å². The molecule has 0 aliphatic heterocycles. The van der Waals surface area contributed by atoms with Crippen molar-refractivity contribution in [2.75, 3.05) is 25.2 Å². The van der Waals surface area contributed by atoms with Crippen molar-refractivity contribution in [3.8, 4) is 0 Å². The number of nitrogens with zero attached hydrogens (tertiary/aromatic N) is 2. The summed E-state index contributed by atoms with van der Waals surface area (Å²) in [6.45, 7) is 4.42. The van der Waals surface area contributed by atoms with Crippen LogP contribution in [0.2, 0.25) is 0 Å². The van der Waals surface area contributed by atoms with E-state index in [4.69, 9.17) is 4.74 Å². The summed E-state index contributed by atoms with van der Waals surface area (Å²) < 4.78 is 5.47. The van der Waals surface area contributed by atoms with Gasteiger partial charge in [0.1, 0.15) is 6.61 Å². The quantitative estimate of drug-likeness (QED) is 0.285. The van der Waals surface area contributed by atoms with Crippen molar-refractivity contribution < 1.29 is 24.3 Å². The molecule has 1 rings (SSSR count). The fraction of sp³-hybridized carbons (Fsp3) is 0.600. The number of unbranched alkanes of at least 4 members (excludes halogenated alkanes) is 5. The molecule has 0 atom stereocenters.